The third kappa shape index (κ3) is 5.22. The number of carbonyl (C=O) groups is 2. The van der Waals surface area contributed by atoms with Crippen LogP contribution in [0.2, 0.25) is 0 Å². The second kappa shape index (κ2) is 8.63. The summed E-state index contributed by atoms with van der Waals surface area (Å²) < 4.78 is 0. The highest BCUT2D eigenvalue weighted by Gasteiger charge is 2.21. The van der Waals surface area contributed by atoms with E-state index in [2.05, 4.69) is 15.6 Å². The minimum Gasteiger partial charge on any atom is -0.354 e. The van der Waals surface area contributed by atoms with Gasteiger partial charge in [-0.3, -0.25) is 9.78 Å². The predicted octanol–water partition coefficient (Wildman–Crippen LogP) is 1.68. The fourth-order valence-electron chi connectivity index (χ4n) is 2.78. The highest BCUT2D eigenvalue weighted by Crippen LogP contribution is 2.26. The monoisotopic (exact) mass is 303 g/mol. The third-order valence-corrected chi connectivity index (χ3v) is 4.36. The molecule has 2 rings (SSSR count). The number of nitrogens with zero attached hydrogens (tertiary/aromatic N) is 1. The zero-order valence-electron chi connectivity index (χ0n) is 13.1. The zero-order valence-corrected chi connectivity index (χ0v) is 13.1. The van der Waals surface area contributed by atoms with E-state index in [1.807, 2.05) is 25.1 Å². The van der Waals surface area contributed by atoms with Crippen molar-refractivity contribution >= 4 is 12.2 Å². The molecule has 1 aliphatic rings. The van der Waals surface area contributed by atoms with E-state index in [9.17, 15) is 9.59 Å². The number of carbonyl (C=O) groups excluding carboxylic acids is 2. The van der Waals surface area contributed by atoms with Gasteiger partial charge in [0.2, 0.25) is 5.91 Å². The molecule has 1 atom stereocenters. The van der Waals surface area contributed by atoms with Gasteiger partial charge in [0.15, 0.2) is 0 Å². The molecule has 22 heavy (non-hydrogen) atoms. The summed E-state index contributed by atoms with van der Waals surface area (Å²) in [5.74, 6) is 0.752. The van der Waals surface area contributed by atoms with E-state index >= 15 is 0 Å². The molecule has 120 valence electrons. The van der Waals surface area contributed by atoms with Crippen molar-refractivity contribution in [2.45, 2.75) is 45.2 Å². The Morgan fingerprint density at radius 2 is 2.14 bits per heavy atom. The van der Waals surface area contributed by atoms with Crippen LogP contribution in [0.15, 0.2) is 24.4 Å². The smallest absolute Gasteiger partial charge is 0.236 e. The summed E-state index contributed by atoms with van der Waals surface area (Å²) in [5.41, 5.74) is 0.925. The van der Waals surface area contributed by atoms with Crippen molar-refractivity contribution in [1.29, 1.82) is 0 Å². The number of nitrogens with one attached hydrogen (secondary N) is 2. The Morgan fingerprint density at radius 1 is 1.36 bits per heavy atom. The number of rotatable bonds is 7. The lowest BCUT2D eigenvalue weighted by Crippen LogP contribution is -2.43. The van der Waals surface area contributed by atoms with Crippen molar-refractivity contribution in [1.82, 2.24) is 15.6 Å². The van der Waals surface area contributed by atoms with E-state index in [1.165, 1.54) is 0 Å². The largest absolute Gasteiger partial charge is 0.354 e. The number of aromatic nitrogens is 1. The lowest BCUT2D eigenvalue weighted by molar-refractivity contribution is -0.123. The molecule has 0 aliphatic heterocycles. The molecule has 1 saturated carbocycles. The molecular weight excluding hydrogens is 278 g/mol. The normalized spacial score (nSPS) is 22.8. The summed E-state index contributed by atoms with van der Waals surface area (Å²) in [4.78, 5) is 27.0. The Labute approximate surface area is 131 Å². The zero-order chi connectivity index (χ0) is 15.8. The van der Waals surface area contributed by atoms with Crippen molar-refractivity contribution in [3.8, 4) is 0 Å². The molecule has 0 saturated heterocycles. The first-order valence-electron chi connectivity index (χ1n) is 8.05. The van der Waals surface area contributed by atoms with E-state index < -0.39 is 0 Å². The molecule has 1 heterocycles. The molecule has 1 fully saturated rings. The molecule has 0 aromatic carbocycles. The minimum absolute atomic E-state index is 0.0217. The highest BCUT2D eigenvalue weighted by molar-refractivity contribution is 5.81. The van der Waals surface area contributed by atoms with Gasteiger partial charge in [0.05, 0.1) is 11.7 Å². The number of hydrogen-bond donors (Lipinski definition) is 2. The fourth-order valence-corrected chi connectivity index (χ4v) is 2.78. The van der Waals surface area contributed by atoms with Gasteiger partial charge < -0.3 is 15.4 Å². The van der Waals surface area contributed by atoms with Crippen LogP contribution in [0.25, 0.3) is 0 Å². The first kappa shape index (κ1) is 16.6. The Kier molecular flexibility index (Phi) is 6.52. The van der Waals surface area contributed by atoms with Crippen molar-refractivity contribution in [2.75, 3.05) is 6.54 Å². The van der Waals surface area contributed by atoms with E-state index in [1.54, 1.807) is 6.20 Å². The predicted molar refractivity (Wildman–Crippen MR) is 85.1 cm³/mol. The lowest BCUT2D eigenvalue weighted by Gasteiger charge is -2.26. The number of pyridine rings is 1. The molecule has 2 N–H and O–H groups in total. The maximum absolute atomic E-state index is 12.1. The van der Waals surface area contributed by atoms with Crippen LogP contribution in [0.4, 0.5) is 0 Å². The second-order valence-corrected chi connectivity index (χ2v) is 6.09. The van der Waals surface area contributed by atoms with E-state index in [0.717, 1.165) is 37.7 Å². The first-order valence-corrected chi connectivity index (χ1v) is 8.05. The summed E-state index contributed by atoms with van der Waals surface area (Å²) in [6.07, 6.45) is 6.78. The van der Waals surface area contributed by atoms with Crippen LogP contribution in [-0.2, 0) is 16.1 Å². The average molecular weight is 303 g/mol. The molecule has 1 aromatic rings. The lowest BCUT2D eigenvalue weighted by atomic mass is 9.83. The van der Waals surface area contributed by atoms with Gasteiger partial charge in [0.1, 0.15) is 6.29 Å². The van der Waals surface area contributed by atoms with Crippen LogP contribution < -0.4 is 10.6 Å². The van der Waals surface area contributed by atoms with E-state index in [0.29, 0.717) is 19.0 Å². The summed E-state index contributed by atoms with van der Waals surface area (Å²) in [5, 5.41) is 6.19. The van der Waals surface area contributed by atoms with E-state index in [4.69, 9.17) is 0 Å². The Hall–Kier alpha value is -1.75. The molecule has 0 unspecified atom stereocenters. The Bertz CT molecular complexity index is 470. The van der Waals surface area contributed by atoms with Gasteiger partial charge >= 0.3 is 0 Å². The van der Waals surface area contributed by atoms with Crippen molar-refractivity contribution in [3.05, 3.63) is 30.1 Å². The number of aldehydes is 1. The van der Waals surface area contributed by atoms with Crippen molar-refractivity contribution in [2.24, 2.45) is 11.8 Å². The SMILES string of the molecule is C[C@H](NCc1ccccn1)C(=O)NCC1CCC(C=O)CC1. The molecule has 0 radical (unpaired) electrons. The maximum atomic E-state index is 12.1. The van der Waals surface area contributed by atoms with Crippen LogP contribution in [0.5, 0.6) is 0 Å². The quantitative estimate of drug-likeness (QED) is 0.752. The van der Waals surface area contributed by atoms with Crippen LogP contribution >= 0.6 is 0 Å². The summed E-state index contributed by atoms with van der Waals surface area (Å²) >= 11 is 0. The number of amides is 1. The Balaban J connectivity index is 1.65. The van der Waals surface area contributed by atoms with Gasteiger partial charge in [0.25, 0.3) is 0 Å². The summed E-state index contributed by atoms with van der Waals surface area (Å²) in [6.45, 7) is 3.15. The van der Waals surface area contributed by atoms with Gasteiger partial charge in [-0.2, -0.15) is 0 Å². The highest BCUT2D eigenvalue weighted by atomic mass is 16.2. The molecule has 0 spiro atoms. The average Bonchev–Trinajstić information content (AvgIpc) is 2.58. The first-order chi connectivity index (χ1) is 10.7. The molecule has 0 bridgehead atoms. The summed E-state index contributed by atoms with van der Waals surface area (Å²) in [6, 6.07) is 5.50. The number of hydrogen-bond acceptors (Lipinski definition) is 4. The molecule has 5 nitrogen and oxygen atoms in total. The Morgan fingerprint density at radius 3 is 2.77 bits per heavy atom. The van der Waals surface area contributed by atoms with Crippen LogP contribution in [0.3, 0.4) is 0 Å². The molecule has 1 aromatic heterocycles. The van der Waals surface area contributed by atoms with Crippen molar-refractivity contribution in [3.63, 3.8) is 0 Å². The molecule has 1 amide bonds. The van der Waals surface area contributed by atoms with E-state index in [-0.39, 0.29) is 17.9 Å². The standard InChI is InChI=1S/C17H25N3O2/c1-13(19-11-16-4-2-3-9-18-16)17(22)20-10-14-5-7-15(12-21)8-6-14/h2-4,9,12-15,19H,5-8,10-11H2,1H3,(H,20,22)/t13-,14?,15?/m0/s1. The minimum atomic E-state index is -0.242. The second-order valence-electron chi connectivity index (χ2n) is 6.09. The maximum Gasteiger partial charge on any atom is 0.236 e. The molecular formula is C17H25N3O2. The third-order valence-electron chi connectivity index (χ3n) is 4.36. The van der Waals surface area contributed by atoms with Crippen LogP contribution in [-0.4, -0.2) is 29.8 Å². The van der Waals surface area contributed by atoms with Gasteiger partial charge in [-0.1, -0.05) is 6.07 Å². The topological polar surface area (TPSA) is 71.1 Å². The molecule has 1 aliphatic carbocycles. The summed E-state index contributed by atoms with van der Waals surface area (Å²) in [7, 11) is 0. The van der Waals surface area contributed by atoms with Crippen LogP contribution in [0.1, 0.15) is 38.3 Å². The van der Waals surface area contributed by atoms with Gasteiger partial charge in [-0.25, -0.2) is 0 Å². The van der Waals surface area contributed by atoms with Gasteiger partial charge in [0, 0.05) is 25.2 Å². The van der Waals surface area contributed by atoms with Crippen molar-refractivity contribution < 1.29 is 9.59 Å². The van der Waals surface area contributed by atoms with Gasteiger partial charge in [-0.05, 0) is 50.7 Å². The molecule has 5 heteroatoms. The van der Waals surface area contributed by atoms with Gasteiger partial charge in [-0.15, -0.1) is 0 Å². The fraction of sp³-hybridized carbons (Fsp3) is 0.588. The van der Waals surface area contributed by atoms with Crippen LogP contribution in [0, 0.1) is 11.8 Å².